The van der Waals surface area contributed by atoms with Crippen LogP contribution in [0.15, 0.2) is 12.7 Å². The van der Waals surface area contributed by atoms with E-state index < -0.39 is 5.41 Å². The van der Waals surface area contributed by atoms with Crippen LogP contribution >= 0.6 is 0 Å². The molecular formula is C14H22O3. The largest absolute Gasteiger partial charge is 0.461 e. The van der Waals surface area contributed by atoms with Gasteiger partial charge in [-0.1, -0.05) is 38.8 Å². The summed E-state index contributed by atoms with van der Waals surface area (Å²) in [6.07, 6.45) is 7.25. The van der Waals surface area contributed by atoms with Crippen molar-refractivity contribution in [3.8, 4) is 0 Å². The number of Topliss-reactive ketones (excluding diaryl/α,β-unsaturated/α-hetero) is 1. The smallest absolute Gasteiger partial charge is 0.319 e. The summed E-state index contributed by atoms with van der Waals surface area (Å²) < 4.78 is 5.10. The van der Waals surface area contributed by atoms with E-state index in [1.165, 1.54) is 6.08 Å². The van der Waals surface area contributed by atoms with Gasteiger partial charge >= 0.3 is 5.97 Å². The molecule has 0 aromatic carbocycles. The molecule has 0 saturated heterocycles. The van der Waals surface area contributed by atoms with Crippen LogP contribution in [0.3, 0.4) is 0 Å². The zero-order valence-corrected chi connectivity index (χ0v) is 10.7. The van der Waals surface area contributed by atoms with Gasteiger partial charge in [0.1, 0.15) is 17.8 Å². The molecule has 0 aliphatic heterocycles. The number of esters is 1. The third-order valence-electron chi connectivity index (χ3n) is 3.47. The molecule has 1 fully saturated rings. The maximum absolute atomic E-state index is 12.0. The fourth-order valence-electron chi connectivity index (χ4n) is 2.46. The van der Waals surface area contributed by atoms with E-state index in [9.17, 15) is 9.59 Å². The minimum Gasteiger partial charge on any atom is -0.461 e. The monoisotopic (exact) mass is 238 g/mol. The van der Waals surface area contributed by atoms with E-state index in [2.05, 4.69) is 13.5 Å². The second-order valence-corrected chi connectivity index (χ2v) is 4.70. The Morgan fingerprint density at radius 1 is 1.53 bits per heavy atom. The van der Waals surface area contributed by atoms with Crippen LogP contribution in [0.4, 0.5) is 0 Å². The van der Waals surface area contributed by atoms with Gasteiger partial charge in [0, 0.05) is 6.42 Å². The molecule has 0 amide bonds. The Balaban J connectivity index is 2.68. The van der Waals surface area contributed by atoms with E-state index >= 15 is 0 Å². The van der Waals surface area contributed by atoms with Crippen molar-refractivity contribution in [3.63, 3.8) is 0 Å². The van der Waals surface area contributed by atoms with Crippen molar-refractivity contribution < 1.29 is 14.3 Å². The van der Waals surface area contributed by atoms with Gasteiger partial charge in [0.15, 0.2) is 0 Å². The molecule has 0 heterocycles. The van der Waals surface area contributed by atoms with Gasteiger partial charge in [0.25, 0.3) is 0 Å². The average molecular weight is 238 g/mol. The van der Waals surface area contributed by atoms with Gasteiger partial charge in [-0.05, 0) is 19.3 Å². The number of hydrogen-bond acceptors (Lipinski definition) is 3. The van der Waals surface area contributed by atoms with E-state index in [1.54, 1.807) is 0 Å². The molecule has 0 bridgehead atoms. The highest BCUT2D eigenvalue weighted by molar-refractivity contribution is 6.05. The van der Waals surface area contributed by atoms with Gasteiger partial charge in [0.05, 0.1) is 0 Å². The first-order chi connectivity index (χ1) is 8.17. The molecule has 0 N–H and O–H groups in total. The van der Waals surface area contributed by atoms with Gasteiger partial charge in [0.2, 0.25) is 0 Å². The Bertz CT molecular complexity index is 296. The van der Waals surface area contributed by atoms with Crippen molar-refractivity contribution in [1.82, 2.24) is 0 Å². The highest BCUT2D eigenvalue weighted by Crippen LogP contribution is 2.40. The molecule has 1 atom stereocenters. The molecule has 1 aliphatic rings. The zero-order chi connectivity index (χ0) is 12.7. The van der Waals surface area contributed by atoms with Crippen molar-refractivity contribution in [2.24, 2.45) is 5.41 Å². The van der Waals surface area contributed by atoms with E-state index in [4.69, 9.17) is 4.74 Å². The fraction of sp³-hybridized carbons (Fsp3) is 0.714. The van der Waals surface area contributed by atoms with Crippen molar-refractivity contribution in [2.75, 3.05) is 6.61 Å². The molecular weight excluding hydrogens is 216 g/mol. The van der Waals surface area contributed by atoms with Crippen molar-refractivity contribution in [3.05, 3.63) is 12.7 Å². The third kappa shape index (κ3) is 3.18. The Morgan fingerprint density at radius 3 is 2.82 bits per heavy atom. The molecule has 0 aromatic heterocycles. The first-order valence-corrected chi connectivity index (χ1v) is 6.49. The molecule has 1 saturated carbocycles. The second kappa shape index (κ2) is 6.58. The lowest BCUT2D eigenvalue weighted by Gasteiger charge is -2.24. The van der Waals surface area contributed by atoms with Gasteiger partial charge in [-0.25, -0.2) is 0 Å². The summed E-state index contributed by atoms with van der Waals surface area (Å²) in [4.78, 5) is 24.0. The molecule has 1 unspecified atom stereocenters. The fourth-order valence-corrected chi connectivity index (χ4v) is 2.46. The van der Waals surface area contributed by atoms with Gasteiger partial charge in [-0.15, -0.1) is 0 Å². The quantitative estimate of drug-likeness (QED) is 0.296. The SMILES string of the molecule is C=CCOC(=O)C1(CCCCC)CCCC1=O. The van der Waals surface area contributed by atoms with E-state index in [-0.39, 0.29) is 18.4 Å². The molecule has 3 nitrogen and oxygen atoms in total. The first-order valence-electron chi connectivity index (χ1n) is 6.49. The lowest BCUT2D eigenvalue weighted by molar-refractivity contribution is -0.158. The molecule has 17 heavy (non-hydrogen) atoms. The zero-order valence-electron chi connectivity index (χ0n) is 10.7. The molecule has 3 heteroatoms. The summed E-state index contributed by atoms with van der Waals surface area (Å²) in [7, 11) is 0. The Kier molecular flexibility index (Phi) is 5.39. The normalized spacial score (nSPS) is 23.7. The summed E-state index contributed by atoms with van der Waals surface area (Å²) in [6, 6.07) is 0. The summed E-state index contributed by atoms with van der Waals surface area (Å²) in [5.74, 6) is -0.265. The van der Waals surface area contributed by atoms with Crippen LogP contribution in [0.5, 0.6) is 0 Å². The number of hydrogen-bond donors (Lipinski definition) is 0. The third-order valence-corrected chi connectivity index (χ3v) is 3.47. The summed E-state index contributed by atoms with van der Waals surface area (Å²) >= 11 is 0. The average Bonchev–Trinajstić information content (AvgIpc) is 2.69. The van der Waals surface area contributed by atoms with Crippen LogP contribution < -0.4 is 0 Å². The minimum atomic E-state index is -0.835. The van der Waals surface area contributed by atoms with Gasteiger partial charge in [-0.2, -0.15) is 0 Å². The molecule has 0 radical (unpaired) electrons. The lowest BCUT2D eigenvalue weighted by atomic mass is 9.80. The molecule has 0 aromatic rings. The van der Waals surface area contributed by atoms with Crippen LogP contribution in [-0.4, -0.2) is 18.4 Å². The van der Waals surface area contributed by atoms with Gasteiger partial charge < -0.3 is 4.74 Å². The van der Waals surface area contributed by atoms with Crippen molar-refractivity contribution >= 4 is 11.8 Å². The maximum atomic E-state index is 12.0. The number of carbonyl (C=O) groups excluding carboxylic acids is 2. The molecule has 0 spiro atoms. The van der Waals surface area contributed by atoms with E-state index in [1.807, 2.05) is 0 Å². The topological polar surface area (TPSA) is 43.4 Å². The predicted molar refractivity (Wildman–Crippen MR) is 66.6 cm³/mol. The Morgan fingerprint density at radius 2 is 2.29 bits per heavy atom. The number of carbonyl (C=O) groups is 2. The number of ketones is 1. The molecule has 1 rings (SSSR count). The summed E-state index contributed by atoms with van der Waals surface area (Å²) in [5, 5.41) is 0. The highest BCUT2D eigenvalue weighted by Gasteiger charge is 2.48. The molecule has 96 valence electrons. The Hall–Kier alpha value is -1.12. The lowest BCUT2D eigenvalue weighted by Crippen LogP contribution is -2.37. The van der Waals surface area contributed by atoms with Crippen LogP contribution in [-0.2, 0) is 14.3 Å². The second-order valence-electron chi connectivity index (χ2n) is 4.70. The van der Waals surface area contributed by atoms with Crippen LogP contribution in [0, 0.1) is 5.41 Å². The van der Waals surface area contributed by atoms with Crippen molar-refractivity contribution in [2.45, 2.75) is 51.9 Å². The highest BCUT2D eigenvalue weighted by atomic mass is 16.5. The minimum absolute atomic E-state index is 0.0719. The number of unbranched alkanes of at least 4 members (excludes halogenated alkanes) is 2. The summed E-state index contributed by atoms with van der Waals surface area (Å²) in [5.41, 5.74) is -0.835. The van der Waals surface area contributed by atoms with Crippen molar-refractivity contribution in [1.29, 1.82) is 0 Å². The predicted octanol–water partition coefficient (Wildman–Crippen LogP) is 3.04. The van der Waals surface area contributed by atoms with E-state index in [0.717, 1.165) is 25.7 Å². The first kappa shape index (κ1) is 13.9. The summed E-state index contributed by atoms with van der Waals surface area (Å²) in [6.45, 7) is 5.82. The van der Waals surface area contributed by atoms with Gasteiger partial charge in [-0.3, -0.25) is 9.59 Å². The van der Waals surface area contributed by atoms with E-state index in [0.29, 0.717) is 19.3 Å². The standard InChI is InChI=1S/C14H22O3/c1-3-5-6-9-14(10-7-8-12(14)15)13(16)17-11-4-2/h4H,2-3,5-11H2,1H3. The van der Waals surface area contributed by atoms with Crippen LogP contribution in [0.25, 0.3) is 0 Å². The number of ether oxygens (including phenoxy) is 1. The number of rotatable bonds is 7. The van der Waals surface area contributed by atoms with Crippen LogP contribution in [0.1, 0.15) is 51.9 Å². The Labute approximate surface area is 103 Å². The van der Waals surface area contributed by atoms with Crippen LogP contribution in [0.2, 0.25) is 0 Å². The molecule has 1 aliphatic carbocycles. The maximum Gasteiger partial charge on any atom is 0.319 e.